The molecule has 0 fully saturated rings. The molecule has 0 spiro atoms. The van der Waals surface area contributed by atoms with Gasteiger partial charge in [-0.15, -0.1) is 22.7 Å². The molecule has 0 bridgehead atoms. The Morgan fingerprint density at radius 3 is 1.16 bits per heavy atom. The Hall–Kier alpha value is -13.5. The Morgan fingerprint density at radius 2 is 0.639 bits per heavy atom. The number of nitrogens with zero attached hydrogens (tertiary/aromatic N) is 3. The number of pyridine rings is 1. The third kappa shape index (κ3) is 10.3. The summed E-state index contributed by atoms with van der Waals surface area (Å²) in [6, 6.07) is 131. The van der Waals surface area contributed by atoms with Gasteiger partial charge in [-0.25, -0.2) is 0 Å². The summed E-state index contributed by atoms with van der Waals surface area (Å²) in [5.74, 6) is 0. The van der Waals surface area contributed by atoms with Crippen LogP contribution in [0.5, 0.6) is 0 Å². The molecule has 0 amide bonds. The minimum absolute atomic E-state index is 0.840. The summed E-state index contributed by atoms with van der Waals surface area (Å²) >= 11 is 3.64. The number of fused-ring (bicyclic) bond motifs is 18. The zero-order chi connectivity index (χ0) is 70.9. The molecule has 1 N–H and O–H groups in total. The zero-order valence-corrected chi connectivity index (χ0v) is 60.2. The van der Waals surface area contributed by atoms with Crippen LogP contribution >= 0.6 is 22.7 Å². The maximum Gasteiger partial charge on any atom is 0.0889 e. The van der Waals surface area contributed by atoms with E-state index in [0.717, 1.165) is 57.1 Å². The Morgan fingerprint density at radius 1 is 0.250 bits per heavy atom. The molecule has 18 aromatic carbocycles. The summed E-state index contributed by atoms with van der Waals surface area (Å²) in [7, 11) is 0. The van der Waals surface area contributed by atoms with Gasteiger partial charge in [-0.05, 0) is 281 Å². The highest BCUT2D eigenvalue weighted by Gasteiger charge is 2.23. The van der Waals surface area contributed by atoms with E-state index in [1.165, 1.54) is 166 Å². The number of benzene rings is 18. The first-order chi connectivity index (χ1) is 53.5. The predicted octanol–water partition coefficient (Wildman–Crippen LogP) is 29.6. The van der Waals surface area contributed by atoms with Crippen molar-refractivity contribution in [1.29, 1.82) is 0 Å². The summed E-state index contributed by atoms with van der Waals surface area (Å²) in [5, 5.41) is 25.9. The Labute approximate surface area is 631 Å². The first-order valence-electron chi connectivity index (χ1n) is 37.0. The standard InChI is InChI=1S/C102H64N4S2/c1-4-18-79-69(15-1)57-90(84-23-9-7-21-82(79)84)63-31-40-73(41-32-63)105(77-49-52-97-96(61-77)102-99(107-97)28-14-54-104-102)74-42-37-66(38-43-74)93-59-71-17-3-6-20-81(71)95-56-68(39-50-88(93)95)67-29-30-72-60-92(86-25-11-12-26-87(86)94(72)55-67)65-35-46-76(47-36-65)106(78-48-51-89-100(62-78)108-98-27-13-53-103-101(89)98)75-44-33-64(34-45-75)91-58-70-16-2-5-19-80(70)83-22-8-10-24-85(83)91/h1-52,54-62,103H,53H2. The van der Waals surface area contributed by atoms with Crippen LogP contribution in [-0.2, 0) is 0 Å². The van der Waals surface area contributed by atoms with Crippen molar-refractivity contribution in [3.63, 3.8) is 0 Å². The molecule has 0 saturated heterocycles. The van der Waals surface area contributed by atoms with Crippen molar-refractivity contribution >= 4 is 185 Å². The molecule has 6 heteroatoms. The molecule has 0 unspecified atom stereocenters. The van der Waals surface area contributed by atoms with Crippen molar-refractivity contribution in [2.24, 2.45) is 0 Å². The quantitative estimate of drug-likeness (QED) is 0.131. The molecule has 0 aliphatic carbocycles. The van der Waals surface area contributed by atoms with E-state index in [1.54, 1.807) is 11.3 Å². The lowest BCUT2D eigenvalue weighted by Gasteiger charge is -2.26. The van der Waals surface area contributed by atoms with Crippen molar-refractivity contribution in [2.45, 2.75) is 0 Å². The first-order valence-corrected chi connectivity index (χ1v) is 38.6. The molecule has 4 nitrogen and oxygen atoms in total. The molecule has 1 aliphatic heterocycles. The highest BCUT2D eigenvalue weighted by molar-refractivity contribution is 7.25. The first kappa shape index (κ1) is 61.9. The molecule has 21 aromatic rings. The minimum Gasteiger partial charge on any atom is -0.380 e. The summed E-state index contributed by atoms with van der Waals surface area (Å²) in [5.41, 5.74) is 20.7. The van der Waals surface area contributed by atoms with Crippen LogP contribution in [0.25, 0.3) is 178 Å². The van der Waals surface area contributed by atoms with Gasteiger partial charge in [-0.2, -0.15) is 0 Å². The largest absolute Gasteiger partial charge is 0.380 e. The Kier molecular flexibility index (Phi) is 14.4. The number of hydrogen-bond acceptors (Lipinski definition) is 6. The van der Waals surface area contributed by atoms with E-state index in [9.17, 15) is 0 Å². The summed E-state index contributed by atoms with van der Waals surface area (Å²) in [6.07, 6.45) is 6.37. The number of rotatable bonds is 11. The van der Waals surface area contributed by atoms with Crippen LogP contribution in [0.4, 0.5) is 39.8 Å². The molecule has 0 atom stereocenters. The molecule has 504 valence electrons. The molecular formula is C102H64N4S2. The highest BCUT2D eigenvalue weighted by atomic mass is 32.1. The van der Waals surface area contributed by atoms with Crippen molar-refractivity contribution in [1.82, 2.24) is 4.98 Å². The lowest BCUT2D eigenvalue weighted by molar-refractivity contribution is 1.29. The number of hydrogen-bond donors (Lipinski definition) is 1. The third-order valence-electron chi connectivity index (χ3n) is 22.4. The van der Waals surface area contributed by atoms with Gasteiger partial charge in [0.25, 0.3) is 0 Å². The van der Waals surface area contributed by atoms with Gasteiger partial charge in [0.2, 0.25) is 0 Å². The van der Waals surface area contributed by atoms with E-state index < -0.39 is 0 Å². The van der Waals surface area contributed by atoms with E-state index in [4.69, 9.17) is 4.98 Å². The van der Waals surface area contributed by atoms with Gasteiger partial charge in [0.15, 0.2) is 0 Å². The van der Waals surface area contributed by atoms with Gasteiger partial charge in [0.1, 0.15) is 0 Å². The van der Waals surface area contributed by atoms with Gasteiger partial charge >= 0.3 is 0 Å². The molecule has 0 radical (unpaired) electrons. The topological polar surface area (TPSA) is 31.4 Å². The average Bonchev–Trinajstić information content (AvgIpc) is 1.10. The van der Waals surface area contributed by atoms with Crippen molar-refractivity contribution in [3.8, 4) is 55.6 Å². The van der Waals surface area contributed by atoms with Crippen LogP contribution in [0.1, 0.15) is 4.88 Å². The smallest absolute Gasteiger partial charge is 0.0889 e. The molecule has 0 saturated carbocycles. The molecule has 4 heterocycles. The normalized spacial score (nSPS) is 12.3. The maximum absolute atomic E-state index is 4.89. The Bertz CT molecular complexity index is 7290. The van der Waals surface area contributed by atoms with Crippen LogP contribution in [0.3, 0.4) is 0 Å². The number of anilines is 7. The molecule has 3 aromatic heterocycles. The lowest BCUT2D eigenvalue weighted by Crippen LogP contribution is -2.09. The zero-order valence-electron chi connectivity index (χ0n) is 58.6. The second-order valence-corrected chi connectivity index (χ2v) is 30.7. The van der Waals surface area contributed by atoms with Crippen molar-refractivity contribution in [2.75, 3.05) is 21.7 Å². The van der Waals surface area contributed by atoms with Crippen LogP contribution in [0, 0.1) is 0 Å². The fraction of sp³-hybridized carbons (Fsp3) is 0.00980. The minimum atomic E-state index is 0.840. The van der Waals surface area contributed by atoms with Gasteiger partial charge in [-0.3, -0.25) is 4.98 Å². The van der Waals surface area contributed by atoms with E-state index in [-0.39, 0.29) is 0 Å². The van der Waals surface area contributed by atoms with Crippen molar-refractivity contribution in [3.05, 3.63) is 369 Å². The maximum atomic E-state index is 4.89. The van der Waals surface area contributed by atoms with Gasteiger partial charge in [-0.1, -0.05) is 224 Å². The summed E-state index contributed by atoms with van der Waals surface area (Å²) in [6.45, 7) is 0.840. The van der Waals surface area contributed by atoms with Crippen LogP contribution in [0.15, 0.2) is 364 Å². The second-order valence-electron chi connectivity index (χ2n) is 28.5. The average molecular weight is 1410 g/mol. The summed E-state index contributed by atoms with van der Waals surface area (Å²) in [4.78, 5) is 11.0. The number of nitrogens with one attached hydrogen (secondary N) is 1. The van der Waals surface area contributed by atoms with Crippen LogP contribution in [0.2, 0.25) is 0 Å². The number of aromatic nitrogens is 1. The third-order valence-corrected chi connectivity index (χ3v) is 24.7. The fourth-order valence-electron chi connectivity index (χ4n) is 17.3. The monoisotopic (exact) mass is 1410 g/mol. The van der Waals surface area contributed by atoms with Crippen LogP contribution < -0.4 is 15.1 Å². The SMILES string of the molecule is C1=Cc2sc3cc(N(c4ccc(-c5cc6ccccc6c6ccccc56)cc4)c4ccc(-c5cc6ccc(-c7ccc8c(-c9ccc(N(c%10ccc(-c%11cc%12ccccc%12c%12ccccc%11%12)cc%10)c%10ccc%11sc%12cccnc%12c%11c%10)cc9)cc9ccccc9c8c7)cc6c6ccccc56)cc4)ccc3c2NC1. The Balaban J connectivity index is 0.602. The van der Waals surface area contributed by atoms with Gasteiger partial charge in [0.05, 0.1) is 20.8 Å². The van der Waals surface area contributed by atoms with Crippen LogP contribution in [-0.4, -0.2) is 11.5 Å². The van der Waals surface area contributed by atoms with Gasteiger partial charge < -0.3 is 15.1 Å². The fourth-order valence-corrected chi connectivity index (χ4v) is 19.5. The molecule has 22 rings (SSSR count). The predicted molar refractivity (Wildman–Crippen MR) is 467 cm³/mol. The van der Waals surface area contributed by atoms with E-state index >= 15 is 0 Å². The number of thiophene rings is 2. The second kappa shape index (κ2) is 25.1. The van der Waals surface area contributed by atoms with Gasteiger partial charge in [0, 0.05) is 67.0 Å². The van der Waals surface area contributed by atoms with E-state index in [1.807, 2.05) is 23.6 Å². The molecule has 1 aliphatic rings. The highest BCUT2D eigenvalue weighted by Crippen LogP contribution is 2.49. The van der Waals surface area contributed by atoms with E-state index in [2.05, 4.69) is 373 Å². The lowest BCUT2D eigenvalue weighted by atomic mass is 9.89. The van der Waals surface area contributed by atoms with E-state index in [0.29, 0.717) is 0 Å². The van der Waals surface area contributed by atoms with Crippen molar-refractivity contribution < 1.29 is 0 Å². The summed E-state index contributed by atoms with van der Waals surface area (Å²) < 4.78 is 3.67. The molecular weight excluding hydrogens is 1350 g/mol. The molecule has 108 heavy (non-hydrogen) atoms.